The fourth-order valence-electron chi connectivity index (χ4n) is 5.60. The molecule has 1 N–H and O–H groups in total. The summed E-state index contributed by atoms with van der Waals surface area (Å²) in [5.74, 6) is 0.518. The van der Waals surface area contributed by atoms with Crippen LogP contribution in [0.5, 0.6) is 11.5 Å². The van der Waals surface area contributed by atoms with Gasteiger partial charge in [0.15, 0.2) is 5.75 Å². The summed E-state index contributed by atoms with van der Waals surface area (Å²) in [4.78, 5) is 27.1. The zero-order valence-electron chi connectivity index (χ0n) is 30.1. The van der Waals surface area contributed by atoms with Gasteiger partial charge in [0.25, 0.3) is 5.56 Å². The Balaban J connectivity index is 1.96. The molecule has 0 unspecified atom stereocenters. The summed E-state index contributed by atoms with van der Waals surface area (Å²) >= 11 is 0. The molecule has 0 atom stereocenters. The van der Waals surface area contributed by atoms with E-state index in [4.69, 9.17) is 9.47 Å². The molecule has 48 heavy (non-hydrogen) atoms. The van der Waals surface area contributed by atoms with Gasteiger partial charge in [-0.2, -0.15) is 0 Å². The minimum atomic E-state index is -0.237. The highest BCUT2D eigenvalue weighted by atomic mass is 16.5. The molecule has 0 fully saturated rings. The summed E-state index contributed by atoms with van der Waals surface area (Å²) in [6.07, 6.45) is 20.6. The third-order valence-corrected chi connectivity index (χ3v) is 8.40. The number of nitrogens with one attached hydrogen (secondary N) is 1. The number of hydrogen-bond acceptors (Lipinski definition) is 4. The van der Waals surface area contributed by atoms with E-state index in [0.717, 1.165) is 67.8 Å². The summed E-state index contributed by atoms with van der Waals surface area (Å²) in [6, 6.07) is 15.4. The Morgan fingerprint density at radius 1 is 0.812 bits per heavy atom. The van der Waals surface area contributed by atoms with Crippen LogP contribution in [-0.2, 0) is 11.3 Å². The molecule has 1 aromatic heterocycles. The predicted molar refractivity (Wildman–Crippen MR) is 203 cm³/mol. The highest BCUT2D eigenvalue weighted by molar-refractivity contribution is 6.03. The quantitative estimate of drug-likeness (QED) is 0.0665. The number of ether oxygens (including phenoxy) is 2. The third kappa shape index (κ3) is 13.2. The molecule has 3 rings (SSSR count). The zero-order valence-corrected chi connectivity index (χ0v) is 30.1. The number of aromatic nitrogens is 1. The maximum atomic E-state index is 14.2. The molecule has 0 spiro atoms. The molecule has 3 aromatic rings. The molecule has 1 heterocycles. The van der Waals surface area contributed by atoms with Gasteiger partial charge in [-0.3, -0.25) is 9.59 Å². The van der Waals surface area contributed by atoms with Crippen molar-refractivity contribution in [3.8, 4) is 11.5 Å². The smallest absolute Gasteiger partial charge is 0.297 e. The van der Waals surface area contributed by atoms with Gasteiger partial charge < -0.3 is 19.4 Å². The van der Waals surface area contributed by atoms with Crippen molar-refractivity contribution < 1.29 is 14.3 Å². The van der Waals surface area contributed by atoms with Crippen LogP contribution in [0.3, 0.4) is 0 Å². The Morgan fingerprint density at radius 3 is 2.25 bits per heavy atom. The number of rotatable bonds is 22. The molecule has 0 bridgehead atoms. The molecule has 6 nitrogen and oxygen atoms in total. The van der Waals surface area contributed by atoms with E-state index in [1.807, 2.05) is 53.1 Å². The van der Waals surface area contributed by atoms with Gasteiger partial charge in [0.2, 0.25) is 11.7 Å². The topological polar surface area (TPSA) is 69.6 Å². The Bertz CT molecular complexity index is 1560. The molecular formula is C42H58N2O4. The average molecular weight is 655 g/mol. The van der Waals surface area contributed by atoms with E-state index in [1.165, 1.54) is 42.9 Å². The van der Waals surface area contributed by atoms with Crippen LogP contribution >= 0.6 is 0 Å². The molecule has 0 radical (unpaired) electrons. The van der Waals surface area contributed by atoms with Crippen molar-refractivity contribution in [1.29, 1.82) is 0 Å². The molecule has 0 aliphatic heterocycles. The average Bonchev–Trinajstić information content (AvgIpc) is 3.07. The largest absolute Gasteiger partial charge is 0.485 e. The van der Waals surface area contributed by atoms with Gasteiger partial charge in [-0.05, 0) is 82.4 Å². The van der Waals surface area contributed by atoms with Crippen molar-refractivity contribution in [3.05, 3.63) is 93.8 Å². The van der Waals surface area contributed by atoms with Crippen molar-refractivity contribution in [3.63, 3.8) is 0 Å². The maximum Gasteiger partial charge on any atom is 0.297 e. The fourth-order valence-corrected chi connectivity index (χ4v) is 5.60. The zero-order chi connectivity index (χ0) is 34.6. The number of pyridine rings is 1. The van der Waals surface area contributed by atoms with Crippen LogP contribution in [0, 0.1) is 0 Å². The van der Waals surface area contributed by atoms with Crippen molar-refractivity contribution in [2.45, 2.75) is 118 Å². The van der Waals surface area contributed by atoms with Crippen molar-refractivity contribution in [1.82, 2.24) is 4.57 Å². The Morgan fingerprint density at radius 2 is 1.52 bits per heavy atom. The number of benzene rings is 2. The highest BCUT2D eigenvalue weighted by Gasteiger charge is 2.20. The number of fused-ring (bicyclic) bond motifs is 1. The van der Waals surface area contributed by atoms with Crippen molar-refractivity contribution in [2.24, 2.45) is 0 Å². The van der Waals surface area contributed by atoms with E-state index in [1.54, 1.807) is 6.08 Å². The lowest BCUT2D eigenvalue weighted by atomic mass is 10.1. The number of carbonyl (C=O) groups excluding carboxylic acids is 1. The number of carbonyl (C=O) groups is 1. The number of hydrogen-bond donors (Lipinski definition) is 1. The van der Waals surface area contributed by atoms with E-state index in [-0.39, 0.29) is 17.2 Å². The standard InChI is InChI=1S/C42H58N2O4/c1-6-8-10-12-13-18-30-47-41-40(48-31-28-34(5)21-19-20-33(3)4)37-26-25-36(43-39(45)27-24-35-22-15-14-16-23-35)32-38(37)44(42(41)46)29-17-11-9-7-2/h14-16,20,22-28,32H,6-13,17-19,21,29-31H2,1-5H3,(H,43,45)/b27-24?,34-28+. The second-order valence-corrected chi connectivity index (χ2v) is 12.9. The summed E-state index contributed by atoms with van der Waals surface area (Å²) in [5.41, 5.74) is 4.67. The van der Waals surface area contributed by atoms with Gasteiger partial charge in [0.1, 0.15) is 6.61 Å². The van der Waals surface area contributed by atoms with Gasteiger partial charge in [-0.15, -0.1) is 0 Å². The van der Waals surface area contributed by atoms with Crippen LogP contribution in [0.4, 0.5) is 5.69 Å². The van der Waals surface area contributed by atoms with Gasteiger partial charge in [0.05, 0.1) is 12.1 Å². The van der Waals surface area contributed by atoms with Gasteiger partial charge in [-0.25, -0.2) is 0 Å². The number of nitrogens with zero attached hydrogens (tertiary/aromatic N) is 1. The lowest BCUT2D eigenvalue weighted by Gasteiger charge is -2.19. The number of anilines is 1. The molecule has 0 saturated heterocycles. The van der Waals surface area contributed by atoms with E-state index in [9.17, 15) is 9.59 Å². The Labute approximate surface area is 288 Å². The van der Waals surface area contributed by atoms with E-state index in [0.29, 0.717) is 31.2 Å². The molecule has 6 heteroatoms. The molecule has 0 aliphatic carbocycles. The molecular weight excluding hydrogens is 596 g/mol. The first kappa shape index (κ1) is 38.4. The van der Waals surface area contributed by atoms with Crippen LogP contribution in [0.2, 0.25) is 0 Å². The van der Waals surface area contributed by atoms with Crippen LogP contribution in [-0.4, -0.2) is 23.7 Å². The summed E-state index contributed by atoms with van der Waals surface area (Å²) < 4.78 is 14.5. The monoisotopic (exact) mass is 654 g/mol. The third-order valence-electron chi connectivity index (χ3n) is 8.40. The summed E-state index contributed by atoms with van der Waals surface area (Å²) in [6.45, 7) is 12.1. The second-order valence-electron chi connectivity index (χ2n) is 12.9. The minimum Gasteiger partial charge on any atom is -0.485 e. The molecule has 0 saturated carbocycles. The number of amides is 1. The highest BCUT2D eigenvalue weighted by Crippen LogP contribution is 2.35. The Hall–Kier alpha value is -4.06. The number of allylic oxidation sites excluding steroid dienone is 3. The number of aryl methyl sites for hydroxylation is 1. The SMILES string of the molecule is CCCCCCCCOc1c(OC/C=C(\C)CCC=C(C)C)c2ccc(NC(=O)C=Cc3ccccc3)cc2n(CCCCCC)c1=O. The van der Waals surface area contributed by atoms with Crippen molar-refractivity contribution >= 4 is 28.6 Å². The van der Waals surface area contributed by atoms with Crippen LogP contribution in [0.1, 0.15) is 117 Å². The normalized spacial score (nSPS) is 11.6. The summed E-state index contributed by atoms with van der Waals surface area (Å²) in [5, 5.41) is 3.78. The van der Waals surface area contributed by atoms with Crippen LogP contribution in [0.15, 0.2) is 82.7 Å². The lowest BCUT2D eigenvalue weighted by Crippen LogP contribution is -2.24. The van der Waals surface area contributed by atoms with Gasteiger partial charge in [0, 0.05) is 23.7 Å². The Kier molecular flexibility index (Phi) is 17.4. The fraction of sp³-hybridized carbons (Fsp3) is 0.476. The first-order chi connectivity index (χ1) is 23.3. The van der Waals surface area contributed by atoms with Crippen LogP contribution < -0.4 is 20.3 Å². The molecule has 1 amide bonds. The first-order valence-electron chi connectivity index (χ1n) is 18.1. The van der Waals surface area contributed by atoms with E-state index >= 15 is 0 Å². The minimum absolute atomic E-state index is 0.184. The maximum absolute atomic E-state index is 14.2. The van der Waals surface area contributed by atoms with E-state index < -0.39 is 0 Å². The number of unbranched alkanes of at least 4 members (excludes halogenated alkanes) is 8. The summed E-state index contributed by atoms with van der Waals surface area (Å²) in [7, 11) is 0. The first-order valence-corrected chi connectivity index (χ1v) is 18.1. The predicted octanol–water partition coefficient (Wildman–Crippen LogP) is 11.0. The molecule has 0 aliphatic rings. The van der Waals surface area contributed by atoms with Crippen LogP contribution in [0.25, 0.3) is 17.0 Å². The second kappa shape index (κ2) is 21.7. The molecule has 2 aromatic carbocycles. The van der Waals surface area contributed by atoms with E-state index in [2.05, 4.69) is 52.1 Å². The van der Waals surface area contributed by atoms with Gasteiger partial charge in [-0.1, -0.05) is 113 Å². The van der Waals surface area contributed by atoms with Crippen molar-refractivity contribution in [2.75, 3.05) is 18.5 Å². The molecule has 260 valence electrons. The lowest BCUT2D eigenvalue weighted by molar-refractivity contribution is -0.111. The van der Waals surface area contributed by atoms with Gasteiger partial charge >= 0.3 is 0 Å².